The van der Waals surface area contributed by atoms with Gasteiger partial charge in [-0.2, -0.15) is 0 Å². The number of carbonyl (C=O) groups excluding carboxylic acids is 1. The zero-order valence-corrected chi connectivity index (χ0v) is 19.9. The van der Waals surface area contributed by atoms with E-state index < -0.39 is 0 Å². The van der Waals surface area contributed by atoms with E-state index in [2.05, 4.69) is 60.7 Å². The first-order valence-corrected chi connectivity index (χ1v) is 11.4. The fourth-order valence-electron chi connectivity index (χ4n) is 3.89. The van der Waals surface area contributed by atoms with Gasteiger partial charge in [0.2, 0.25) is 0 Å². The van der Waals surface area contributed by atoms with Gasteiger partial charge in [0.05, 0.1) is 17.7 Å². The number of rotatable bonds is 5. The van der Waals surface area contributed by atoms with Crippen molar-refractivity contribution in [2.75, 3.05) is 14.2 Å². The Morgan fingerprint density at radius 1 is 1.09 bits per heavy atom. The lowest BCUT2D eigenvalue weighted by Crippen LogP contribution is -2.23. The zero-order chi connectivity index (χ0) is 22.8. The molecule has 1 amide bonds. The molecule has 0 bridgehead atoms. The van der Waals surface area contributed by atoms with Gasteiger partial charge in [-0.3, -0.25) is 9.69 Å². The molecule has 1 aromatic heterocycles. The first-order valence-electron chi connectivity index (χ1n) is 10.6. The summed E-state index contributed by atoms with van der Waals surface area (Å²) in [4.78, 5) is 19.8. The lowest BCUT2D eigenvalue weighted by molar-refractivity contribution is -0.121. The third-order valence-corrected chi connectivity index (χ3v) is 6.73. The summed E-state index contributed by atoms with van der Waals surface area (Å²) >= 11 is 1.40. The van der Waals surface area contributed by atoms with Gasteiger partial charge in [0.1, 0.15) is 5.75 Å². The normalized spacial score (nSPS) is 16.4. The first-order chi connectivity index (χ1) is 15.4. The maximum Gasteiger partial charge on any atom is 0.266 e. The minimum Gasteiger partial charge on any atom is -0.497 e. The molecule has 1 aliphatic rings. The van der Waals surface area contributed by atoms with Crippen molar-refractivity contribution in [3.05, 3.63) is 82.0 Å². The monoisotopic (exact) mass is 445 g/mol. The highest BCUT2D eigenvalue weighted by Crippen LogP contribution is 2.35. The highest BCUT2D eigenvalue weighted by atomic mass is 32.2. The number of amidine groups is 1. The summed E-state index contributed by atoms with van der Waals surface area (Å²) in [5.74, 6) is 0.735. The molecular formula is C26H27N3O2S. The van der Waals surface area contributed by atoms with Gasteiger partial charge in [-0.15, -0.1) is 0 Å². The van der Waals surface area contributed by atoms with Crippen LogP contribution in [0.25, 0.3) is 11.8 Å². The molecule has 3 aromatic rings. The molecule has 2 heterocycles. The zero-order valence-electron chi connectivity index (χ0n) is 19.0. The molecule has 0 N–H and O–H groups in total. The number of hydrogen-bond acceptors (Lipinski definition) is 4. The maximum absolute atomic E-state index is 12.9. The second-order valence-electron chi connectivity index (χ2n) is 7.71. The number of methoxy groups -OCH3 is 1. The SMILES string of the molecule is CCc1ccccc1-n1c(C)cc(/C=C2\SC(=Nc3ccc(OC)cc3)N(C)C2=O)c1C. The summed E-state index contributed by atoms with van der Waals surface area (Å²) < 4.78 is 7.47. The van der Waals surface area contributed by atoms with E-state index in [4.69, 9.17) is 4.74 Å². The third kappa shape index (κ3) is 4.10. The van der Waals surface area contributed by atoms with Crippen molar-refractivity contribution in [1.29, 1.82) is 0 Å². The molecular weight excluding hydrogens is 418 g/mol. The number of aliphatic imine (C=N–C) groups is 1. The predicted molar refractivity (Wildman–Crippen MR) is 133 cm³/mol. The van der Waals surface area contributed by atoms with Crippen LogP contribution in [0.4, 0.5) is 5.69 Å². The van der Waals surface area contributed by atoms with E-state index in [0.29, 0.717) is 10.1 Å². The van der Waals surface area contributed by atoms with Crippen LogP contribution in [0, 0.1) is 13.8 Å². The first kappa shape index (κ1) is 22.0. The number of benzene rings is 2. The van der Waals surface area contributed by atoms with Gasteiger partial charge >= 0.3 is 0 Å². The second kappa shape index (κ2) is 9.09. The van der Waals surface area contributed by atoms with Crippen molar-refractivity contribution in [1.82, 2.24) is 9.47 Å². The average molecular weight is 446 g/mol. The number of thioether (sulfide) groups is 1. The summed E-state index contributed by atoms with van der Waals surface area (Å²) in [5.41, 5.74) is 6.58. The lowest BCUT2D eigenvalue weighted by atomic mass is 10.1. The Morgan fingerprint density at radius 2 is 1.81 bits per heavy atom. The van der Waals surface area contributed by atoms with E-state index in [1.165, 1.54) is 23.0 Å². The Kier molecular flexibility index (Phi) is 6.24. The number of para-hydroxylation sites is 1. The molecule has 0 saturated carbocycles. The predicted octanol–water partition coefficient (Wildman–Crippen LogP) is 5.90. The topological polar surface area (TPSA) is 46.8 Å². The van der Waals surface area contributed by atoms with Crippen molar-refractivity contribution in [2.45, 2.75) is 27.2 Å². The molecule has 1 aliphatic heterocycles. The minimum atomic E-state index is -0.0407. The smallest absolute Gasteiger partial charge is 0.266 e. The molecule has 0 radical (unpaired) electrons. The molecule has 0 atom stereocenters. The lowest BCUT2D eigenvalue weighted by Gasteiger charge is -2.14. The molecule has 4 rings (SSSR count). The third-order valence-electron chi connectivity index (χ3n) is 5.67. The van der Waals surface area contributed by atoms with Crippen molar-refractivity contribution in [2.24, 2.45) is 4.99 Å². The van der Waals surface area contributed by atoms with E-state index in [-0.39, 0.29) is 5.91 Å². The van der Waals surface area contributed by atoms with Crippen LogP contribution >= 0.6 is 11.8 Å². The highest BCUT2D eigenvalue weighted by molar-refractivity contribution is 8.18. The van der Waals surface area contributed by atoms with Crippen molar-refractivity contribution < 1.29 is 9.53 Å². The van der Waals surface area contributed by atoms with E-state index in [1.807, 2.05) is 30.3 Å². The largest absolute Gasteiger partial charge is 0.497 e. The summed E-state index contributed by atoms with van der Waals surface area (Å²) in [7, 11) is 3.40. The molecule has 2 aromatic carbocycles. The van der Waals surface area contributed by atoms with Crippen LogP contribution in [0.5, 0.6) is 5.75 Å². The molecule has 5 nitrogen and oxygen atoms in total. The van der Waals surface area contributed by atoms with E-state index in [0.717, 1.165) is 34.8 Å². The molecule has 0 aliphatic carbocycles. The Balaban J connectivity index is 1.67. The van der Waals surface area contributed by atoms with Gasteiger partial charge in [-0.25, -0.2) is 4.99 Å². The number of hydrogen-bond donors (Lipinski definition) is 0. The summed E-state index contributed by atoms with van der Waals surface area (Å²) in [6, 6.07) is 18.1. The van der Waals surface area contributed by atoms with Crippen LogP contribution < -0.4 is 4.74 Å². The molecule has 1 saturated heterocycles. The Bertz CT molecular complexity index is 1220. The number of ether oxygens (including phenoxy) is 1. The fourth-order valence-corrected chi connectivity index (χ4v) is 4.87. The summed E-state index contributed by atoms with van der Waals surface area (Å²) in [6.07, 6.45) is 2.95. The molecule has 0 unspecified atom stereocenters. The number of aryl methyl sites for hydroxylation is 2. The molecule has 6 heteroatoms. The number of nitrogens with zero attached hydrogens (tertiary/aromatic N) is 3. The Labute approximate surface area is 193 Å². The van der Waals surface area contributed by atoms with E-state index in [1.54, 1.807) is 19.1 Å². The van der Waals surface area contributed by atoms with Gasteiger partial charge in [0.15, 0.2) is 5.17 Å². The summed E-state index contributed by atoms with van der Waals surface area (Å²) in [6.45, 7) is 6.38. The van der Waals surface area contributed by atoms with E-state index in [9.17, 15) is 4.79 Å². The molecule has 32 heavy (non-hydrogen) atoms. The maximum atomic E-state index is 12.9. The van der Waals surface area contributed by atoms with Crippen molar-refractivity contribution in [3.63, 3.8) is 0 Å². The number of likely N-dealkylation sites (N-methyl/N-ethyl adjacent to an activating group) is 1. The fraction of sp³-hybridized carbons (Fsp3) is 0.231. The van der Waals surface area contributed by atoms with Gasteiger partial charge in [-0.05, 0) is 85.6 Å². The Morgan fingerprint density at radius 3 is 2.50 bits per heavy atom. The van der Waals surface area contributed by atoms with Crippen LogP contribution in [-0.4, -0.2) is 34.7 Å². The van der Waals surface area contributed by atoms with Crippen LogP contribution in [0.3, 0.4) is 0 Å². The minimum absolute atomic E-state index is 0.0407. The van der Waals surface area contributed by atoms with E-state index >= 15 is 0 Å². The second-order valence-corrected chi connectivity index (χ2v) is 8.72. The molecule has 0 spiro atoms. The van der Waals surface area contributed by atoms with Gasteiger partial charge in [-0.1, -0.05) is 25.1 Å². The van der Waals surface area contributed by atoms with Gasteiger partial charge in [0.25, 0.3) is 5.91 Å². The van der Waals surface area contributed by atoms with Crippen LogP contribution in [0.2, 0.25) is 0 Å². The van der Waals surface area contributed by atoms with Crippen LogP contribution in [0.15, 0.2) is 64.5 Å². The van der Waals surface area contributed by atoms with Gasteiger partial charge in [0, 0.05) is 24.1 Å². The van der Waals surface area contributed by atoms with Crippen molar-refractivity contribution in [3.8, 4) is 11.4 Å². The van der Waals surface area contributed by atoms with Crippen LogP contribution in [-0.2, 0) is 11.2 Å². The Hall–Kier alpha value is -3.25. The number of aromatic nitrogens is 1. The van der Waals surface area contributed by atoms with Crippen LogP contribution in [0.1, 0.15) is 29.4 Å². The standard InChI is InChI=1S/C26H27N3O2S/c1-6-19-9-7-8-10-23(19)29-17(2)15-20(18(29)3)16-24-25(30)28(4)26(32-24)27-21-11-13-22(31-5)14-12-21/h7-16H,6H2,1-5H3/b24-16-,27-26?. The highest BCUT2D eigenvalue weighted by Gasteiger charge is 2.30. The van der Waals surface area contributed by atoms with Gasteiger partial charge < -0.3 is 9.30 Å². The molecule has 1 fully saturated rings. The number of carbonyl (C=O) groups is 1. The molecule has 164 valence electrons. The van der Waals surface area contributed by atoms with Crippen molar-refractivity contribution >= 4 is 34.6 Å². The average Bonchev–Trinajstić information content (AvgIpc) is 3.23. The number of amides is 1. The summed E-state index contributed by atoms with van der Waals surface area (Å²) in [5, 5.41) is 0.663. The quantitative estimate of drug-likeness (QED) is 0.460.